The first-order chi connectivity index (χ1) is 2.93. The Morgan fingerprint density at radius 1 is 1.50 bits per heavy atom. The van der Waals surface area contributed by atoms with Crippen LogP contribution in [0.3, 0.4) is 0 Å². The van der Waals surface area contributed by atoms with Gasteiger partial charge >= 0.3 is 0 Å². The van der Waals surface area contributed by atoms with Gasteiger partial charge in [-0.25, -0.2) is 12.2 Å². The van der Waals surface area contributed by atoms with Crippen molar-refractivity contribution >= 4 is 0 Å². The lowest BCUT2D eigenvalue weighted by Gasteiger charge is -2.32. The molecule has 1 aliphatic heterocycles. The minimum Gasteiger partial charge on any atom is -0.476 e. The molecule has 0 aliphatic carbocycles. The Kier molecular flexibility index (Phi) is 1.08. The Labute approximate surface area is 37.7 Å². The average molecular weight is 86.1 g/mol. The predicted molar refractivity (Wildman–Crippen MR) is 22.6 cm³/mol. The molecular formula is C4H8NO-. The lowest BCUT2D eigenvalue weighted by Crippen LogP contribution is -2.35. The van der Waals surface area contributed by atoms with Crippen LogP contribution >= 0.6 is 0 Å². The average Bonchev–Trinajstić information content (AvgIpc) is 1.31. The van der Waals surface area contributed by atoms with Gasteiger partial charge in [0.1, 0.15) is 0 Å². The fourth-order valence-corrected chi connectivity index (χ4v) is 0.416. The first-order valence-electron chi connectivity index (χ1n) is 2.10. The molecule has 0 aromatic carbocycles. The summed E-state index contributed by atoms with van der Waals surface area (Å²) < 4.78 is 0. The molecule has 0 saturated carbocycles. The van der Waals surface area contributed by atoms with Gasteiger partial charge in [0.15, 0.2) is 0 Å². The molecule has 0 spiro atoms. The van der Waals surface area contributed by atoms with Crippen molar-refractivity contribution in [2.45, 2.75) is 6.42 Å². The van der Waals surface area contributed by atoms with E-state index in [9.17, 15) is 0 Å². The van der Waals surface area contributed by atoms with Crippen LogP contribution < -0.4 is 0 Å². The Balaban J connectivity index is 2.01. The molecule has 1 aliphatic rings. The second kappa shape index (κ2) is 1.58. The molecule has 0 radical (unpaired) electrons. The number of hydrogen-bond acceptors (Lipinski definition) is 2. The van der Waals surface area contributed by atoms with E-state index in [4.69, 9.17) is 0 Å². The predicted octanol–water partition coefficient (Wildman–Crippen LogP) is 0.415. The van der Waals surface area contributed by atoms with E-state index in [1.54, 1.807) is 0 Å². The molecule has 1 heterocycles. The molecule has 0 bridgehead atoms. The molecule has 1 fully saturated rings. The topological polar surface area (TPSA) is 12.5 Å². The van der Waals surface area contributed by atoms with Crippen LogP contribution in [0.15, 0.2) is 0 Å². The molecule has 0 unspecified atom stereocenters. The van der Waals surface area contributed by atoms with Crippen LogP contribution in [0.5, 0.6) is 0 Å². The number of hydroxylamine groups is 2. The lowest BCUT2D eigenvalue weighted by molar-refractivity contribution is -0.151. The van der Waals surface area contributed by atoms with E-state index in [2.05, 4.69) is 11.9 Å². The van der Waals surface area contributed by atoms with Crippen molar-refractivity contribution in [2.24, 2.45) is 0 Å². The molecule has 0 amide bonds. The minimum absolute atomic E-state index is 1.06. The lowest BCUT2D eigenvalue weighted by atomic mass is 10.3. The highest BCUT2D eigenvalue weighted by atomic mass is 16.7. The maximum absolute atomic E-state index is 4.57. The fraction of sp³-hybridized carbons (Fsp3) is 0.750. The van der Waals surface area contributed by atoms with E-state index >= 15 is 0 Å². The third kappa shape index (κ3) is 0.533. The number of nitrogens with zero attached hydrogens (tertiary/aromatic N) is 1. The van der Waals surface area contributed by atoms with Crippen molar-refractivity contribution in [1.29, 1.82) is 0 Å². The second-order valence-corrected chi connectivity index (χ2v) is 1.41. The second-order valence-electron chi connectivity index (χ2n) is 1.41. The molecule has 2 heteroatoms. The van der Waals surface area contributed by atoms with E-state index in [0.717, 1.165) is 13.1 Å². The van der Waals surface area contributed by atoms with Crippen LogP contribution in [0.4, 0.5) is 0 Å². The zero-order valence-corrected chi connectivity index (χ0v) is 3.68. The van der Waals surface area contributed by atoms with Crippen molar-refractivity contribution in [3.05, 3.63) is 7.11 Å². The van der Waals surface area contributed by atoms with Gasteiger partial charge in [-0.15, -0.1) is 0 Å². The van der Waals surface area contributed by atoms with Crippen molar-refractivity contribution in [2.75, 3.05) is 13.1 Å². The van der Waals surface area contributed by atoms with Crippen molar-refractivity contribution in [3.8, 4) is 0 Å². The highest BCUT2D eigenvalue weighted by Gasteiger charge is 2.08. The summed E-state index contributed by atoms with van der Waals surface area (Å²) >= 11 is 0. The van der Waals surface area contributed by atoms with Crippen LogP contribution in [0.25, 0.3) is 0 Å². The van der Waals surface area contributed by atoms with E-state index in [-0.39, 0.29) is 0 Å². The van der Waals surface area contributed by atoms with Gasteiger partial charge in [-0.1, -0.05) is 0 Å². The Morgan fingerprint density at radius 3 is 2.17 bits per heavy atom. The van der Waals surface area contributed by atoms with Gasteiger partial charge < -0.3 is 4.84 Å². The largest absolute Gasteiger partial charge is 0.476 e. The monoisotopic (exact) mass is 86.1 g/mol. The molecule has 1 rings (SSSR count). The van der Waals surface area contributed by atoms with Gasteiger partial charge in [0, 0.05) is 13.1 Å². The molecule has 0 aromatic heterocycles. The zero-order valence-electron chi connectivity index (χ0n) is 3.68. The number of hydrogen-bond donors (Lipinski definition) is 0. The molecule has 0 aromatic rings. The number of rotatable bonds is 1. The summed E-state index contributed by atoms with van der Waals surface area (Å²) in [5.74, 6) is 0. The Hall–Kier alpha value is -0.0800. The smallest absolute Gasteiger partial charge is 0.0222 e. The van der Waals surface area contributed by atoms with E-state index in [1.165, 1.54) is 6.42 Å². The molecule has 0 atom stereocenters. The molecule has 36 valence electrons. The molecule has 1 saturated heterocycles. The fourth-order valence-electron chi connectivity index (χ4n) is 0.416. The normalized spacial score (nSPS) is 23.5. The Morgan fingerprint density at radius 2 is 2.17 bits per heavy atom. The van der Waals surface area contributed by atoms with Crippen molar-refractivity contribution in [3.63, 3.8) is 0 Å². The molecular weight excluding hydrogens is 78.0 g/mol. The van der Waals surface area contributed by atoms with E-state index in [0.29, 0.717) is 0 Å². The summed E-state index contributed by atoms with van der Waals surface area (Å²) in [6.45, 7) is 2.12. The Bertz CT molecular complexity index is 40.1. The van der Waals surface area contributed by atoms with Crippen LogP contribution in [0.1, 0.15) is 6.42 Å². The van der Waals surface area contributed by atoms with Crippen LogP contribution in [0, 0.1) is 7.11 Å². The third-order valence-electron chi connectivity index (χ3n) is 0.998. The van der Waals surface area contributed by atoms with Crippen molar-refractivity contribution < 1.29 is 4.84 Å². The van der Waals surface area contributed by atoms with Gasteiger partial charge in [-0.3, -0.25) is 0 Å². The molecule has 0 N–H and O–H groups in total. The maximum atomic E-state index is 4.57. The highest BCUT2D eigenvalue weighted by Crippen LogP contribution is 2.03. The van der Waals surface area contributed by atoms with Gasteiger partial charge in [-0.2, -0.15) is 0 Å². The summed E-state index contributed by atoms with van der Waals surface area (Å²) in [4.78, 5) is 4.57. The van der Waals surface area contributed by atoms with Gasteiger partial charge in [0.25, 0.3) is 0 Å². The minimum atomic E-state index is 1.06. The summed E-state index contributed by atoms with van der Waals surface area (Å²) in [6.07, 6.45) is 1.26. The van der Waals surface area contributed by atoms with Crippen LogP contribution in [-0.2, 0) is 4.84 Å². The third-order valence-corrected chi connectivity index (χ3v) is 0.998. The quantitative estimate of drug-likeness (QED) is 0.429. The van der Waals surface area contributed by atoms with Gasteiger partial charge in [0.05, 0.1) is 0 Å². The first-order valence-corrected chi connectivity index (χ1v) is 2.10. The summed E-state index contributed by atoms with van der Waals surface area (Å²) in [7, 11) is 3.23. The first kappa shape index (κ1) is 4.09. The molecule has 2 nitrogen and oxygen atoms in total. The van der Waals surface area contributed by atoms with E-state index < -0.39 is 0 Å². The summed E-state index contributed by atoms with van der Waals surface area (Å²) in [5.41, 5.74) is 0. The highest BCUT2D eigenvalue weighted by molar-refractivity contribution is 4.57. The SMILES string of the molecule is [CH2-]ON1CCC1. The zero-order chi connectivity index (χ0) is 4.41. The van der Waals surface area contributed by atoms with Crippen LogP contribution in [-0.4, -0.2) is 18.2 Å². The standard InChI is InChI=1S/C4H8NO/c1-6-5-3-2-4-5/h1-4H2/q-1. The summed E-state index contributed by atoms with van der Waals surface area (Å²) in [5, 5.41) is 1.82. The summed E-state index contributed by atoms with van der Waals surface area (Å²) in [6, 6.07) is 0. The van der Waals surface area contributed by atoms with Crippen LogP contribution in [0.2, 0.25) is 0 Å². The maximum Gasteiger partial charge on any atom is 0.0222 e. The van der Waals surface area contributed by atoms with Crippen molar-refractivity contribution in [1.82, 2.24) is 5.06 Å². The van der Waals surface area contributed by atoms with Gasteiger partial charge in [0.2, 0.25) is 0 Å². The van der Waals surface area contributed by atoms with E-state index in [1.807, 2.05) is 5.06 Å². The van der Waals surface area contributed by atoms with Gasteiger partial charge in [-0.05, 0) is 6.42 Å². The molecule has 6 heavy (non-hydrogen) atoms.